The van der Waals surface area contributed by atoms with Gasteiger partial charge < -0.3 is 10.2 Å². The van der Waals surface area contributed by atoms with E-state index >= 15 is 0 Å². The Kier molecular flexibility index (Phi) is 5.77. The highest BCUT2D eigenvalue weighted by atomic mass is 15.1. The molecule has 0 aliphatic rings. The molecule has 2 heteroatoms. The minimum absolute atomic E-state index is 0.964. The van der Waals surface area contributed by atoms with Crippen molar-refractivity contribution in [2.75, 3.05) is 10.2 Å². The molecule has 0 fully saturated rings. The van der Waals surface area contributed by atoms with Gasteiger partial charge >= 0.3 is 0 Å². The summed E-state index contributed by atoms with van der Waals surface area (Å²) in [6.45, 7) is 7.83. The molecule has 0 unspecified atom stereocenters. The van der Waals surface area contributed by atoms with Gasteiger partial charge in [0.2, 0.25) is 0 Å². The van der Waals surface area contributed by atoms with Crippen LogP contribution in [0.15, 0.2) is 134 Å². The maximum absolute atomic E-state index is 3.98. The van der Waals surface area contributed by atoms with E-state index in [1.807, 2.05) is 30.4 Å². The number of hydrogen-bond acceptors (Lipinski definition) is 2. The van der Waals surface area contributed by atoms with Gasteiger partial charge in [-0.3, -0.25) is 0 Å². The number of hydrogen-bond donors (Lipinski definition) is 1. The fourth-order valence-electron chi connectivity index (χ4n) is 3.56. The predicted octanol–water partition coefficient (Wildman–Crippen LogP) is 7.98. The summed E-state index contributed by atoms with van der Waals surface area (Å²) in [6, 6.07) is 33.4. The number of nitrogens with one attached hydrogen (secondary N) is 1. The molecule has 0 saturated carbocycles. The fourth-order valence-corrected chi connectivity index (χ4v) is 3.56. The third kappa shape index (κ3) is 4.03. The Bertz CT molecular complexity index is 1180. The molecule has 146 valence electrons. The standard InChI is InChI=1S/C28H24N2/c1-3-11-24(4-2)30(25-14-6-5-7-15-25)26-20-18-23(19-21-26)29-28-17-10-13-22-12-8-9-16-27(22)28/h3-21,29H,1-2H2/b24-11+. The first-order chi connectivity index (χ1) is 14.8. The Hall–Kier alpha value is -4.04. The number of benzene rings is 4. The molecule has 0 aromatic heterocycles. The average Bonchev–Trinajstić information content (AvgIpc) is 2.81. The molecule has 4 aromatic rings. The highest BCUT2D eigenvalue weighted by Crippen LogP contribution is 2.32. The molecule has 4 rings (SSSR count). The molecule has 0 saturated heterocycles. The largest absolute Gasteiger partial charge is 0.355 e. The summed E-state index contributed by atoms with van der Waals surface area (Å²) in [4.78, 5) is 2.16. The number of allylic oxidation sites excluding steroid dienone is 3. The van der Waals surface area contributed by atoms with Crippen LogP contribution >= 0.6 is 0 Å². The van der Waals surface area contributed by atoms with E-state index in [1.165, 1.54) is 10.8 Å². The highest BCUT2D eigenvalue weighted by Gasteiger charge is 2.12. The average molecular weight is 389 g/mol. The van der Waals surface area contributed by atoms with Crippen molar-refractivity contribution >= 4 is 33.5 Å². The summed E-state index contributed by atoms with van der Waals surface area (Å²) in [6.07, 6.45) is 5.59. The number of rotatable bonds is 7. The van der Waals surface area contributed by atoms with E-state index in [9.17, 15) is 0 Å². The number of nitrogens with zero attached hydrogens (tertiary/aromatic N) is 1. The number of para-hydroxylation sites is 1. The summed E-state index contributed by atoms with van der Waals surface area (Å²) < 4.78 is 0. The lowest BCUT2D eigenvalue weighted by molar-refractivity contribution is 1.21. The van der Waals surface area contributed by atoms with Crippen LogP contribution in [0.4, 0.5) is 22.7 Å². The second kappa shape index (κ2) is 8.97. The van der Waals surface area contributed by atoms with Crippen molar-refractivity contribution in [1.82, 2.24) is 0 Å². The zero-order chi connectivity index (χ0) is 20.8. The number of anilines is 4. The molecule has 4 aromatic carbocycles. The van der Waals surface area contributed by atoms with Crippen molar-refractivity contribution in [3.05, 3.63) is 134 Å². The van der Waals surface area contributed by atoms with Crippen molar-refractivity contribution in [2.45, 2.75) is 0 Å². The van der Waals surface area contributed by atoms with E-state index in [0.717, 1.165) is 28.4 Å². The Morgan fingerprint density at radius 1 is 0.700 bits per heavy atom. The maximum Gasteiger partial charge on any atom is 0.0463 e. The highest BCUT2D eigenvalue weighted by molar-refractivity contribution is 5.95. The molecule has 0 aliphatic heterocycles. The fraction of sp³-hybridized carbons (Fsp3) is 0. The zero-order valence-electron chi connectivity index (χ0n) is 16.8. The van der Waals surface area contributed by atoms with Gasteiger partial charge in [0, 0.05) is 33.8 Å². The Labute approximate surface area is 178 Å². The minimum Gasteiger partial charge on any atom is -0.355 e. The van der Waals surface area contributed by atoms with Crippen molar-refractivity contribution < 1.29 is 0 Å². The Morgan fingerprint density at radius 3 is 2.10 bits per heavy atom. The first kappa shape index (κ1) is 19.3. The Balaban J connectivity index is 1.67. The normalized spacial score (nSPS) is 11.1. The topological polar surface area (TPSA) is 15.3 Å². The molecule has 0 bridgehead atoms. The first-order valence-corrected chi connectivity index (χ1v) is 9.95. The van der Waals surface area contributed by atoms with Crippen LogP contribution in [0, 0.1) is 0 Å². The lowest BCUT2D eigenvalue weighted by atomic mass is 10.1. The van der Waals surface area contributed by atoms with Crippen LogP contribution in [0.5, 0.6) is 0 Å². The van der Waals surface area contributed by atoms with E-state index in [-0.39, 0.29) is 0 Å². The molecule has 0 amide bonds. The second-order valence-corrected chi connectivity index (χ2v) is 6.90. The maximum atomic E-state index is 3.98. The third-order valence-electron chi connectivity index (χ3n) is 4.96. The van der Waals surface area contributed by atoms with Gasteiger partial charge in [0.05, 0.1) is 0 Å². The van der Waals surface area contributed by atoms with Crippen LogP contribution in [0.3, 0.4) is 0 Å². The van der Waals surface area contributed by atoms with Gasteiger partial charge in [-0.2, -0.15) is 0 Å². The Morgan fingerprint density at radius 2 is 1.37 bits per heavy atom. The van der Waals surface area contributed by atoms with Gasteiger partial charge in [-0.25, -0.2) is 0 Å². The van der Waals surface area contributed by atoms with E-state index in [2.05, 4.69) is 102 Å². The summed E-state index contributed by atoms with van der Waals surface area (Å²) in [5.41, 5.74) is 5.22. The molecular formula is C28H24N2. The monoisotopic (exact) mass is 388 g/mol. The predicted molar refractivity (Wildman–Crippen MR) is 131 cm³/mol. The molecule has 0 atom stereocenters. The summed E-state index contributed by atoms with van der Waals surface area (Å²) in [5.74, 6) is 0. The molecule has 30 heavy (non-hydrogen) atoms. The van der Waals surface area contributed by atoms with Crippen LogP contribution < -0.4 is 10.2 Å². The van der Waals surface area contributed by atoms with E-state index in [4.69, 9.17) is 0 Å². The molecule has 0 aliphatic carbocycles. The van der Waals surface area contributed by atoms with Crippen molar-refractivity contribution in [2.24, 2.45) is 0 Å². The molecule has 0 spiro atoms. The first-order valence-electron chi connectivity index (χ1n) is 9.95. The van der Waals surface area contributed by atoms with Crippen molar-refractivity contribution in [3.63, 3.8) is 0 Å². The van der Waals surface area contributed by atoms with E-state index in [1.54, 1.807) is 6.08 Å². The summed E-state index contributed by atoms with van der Waals surface area (Å²) in [7, 11) is 0. The van der Waals surface area contributed by atoms with Gasteiger partial charge in [-0.1, -0.05) is 73.8 Å². The number of fused-ring (bicyclic) bond motifs is 1. The van der Waals surface area contributed by atoms with Gasteiger partial charge in [-0.05, 0) is 60.0 Å². The van der Waals surface area contributed by atoms with Gasteiger partial charge in [-0.15, -0.1) is 0 Å². The van der Waals surface area contributed by atoms with E-state index < -0.39 is 0 Å². The summed E-state index contributed by atoms with van der Waals surface area (Å²) in [5, 5.41) is 5.98. The third-order valence-corrected chi connectivity index (χ3v) is 4.96. The molecular weight excluding hydrogens is 364 g/mol. The van der Waals surface area contributed by atoms with Gasteiger partial charge in [0.15, 0.2) is 0 Å². The van der Waals surface area contributed by atoms with Crippen LogP contribution in [0.25, 0.3) is 10.8 Å². The quantitative estimate of drug-likeness (QED) is 0.323. The molecule has 2 nitrogen and oxygen atoms in total. The zero-order valence-corrected chi connectivity index (χ0v) is 16.8. The minimum atomic E-state index is 0.964. The summed E-state index contributed by atoms with van der Waals surface area (Å²) >= 11 is 0. The molecule has 0 heterocycles. The SMILES string of the molecule is C=C/C=C(\C=C)N(c1ccccc1)c1ccc(Nc2cccc3ccccc23)cc1. The van der Waals surface area contributed by atoms with Crippen LogP contribution in [0.1, 0.15) is 0 Å². The lowest BCUT2D eigenvalue weighted by Crippen LogP contribution is -2.14. The van der Waals surface area contributed by atoms with Gasteiger partial charge in [0.1, 0.15) is 0 Å². The van der Waals surface area contributed by atoms with Crippen LogP contribution in [-0.2, 0) is 0 Å². The van der Waals surface area contributed by atoms with Gasteiger partial charge in [0.25, 0.3) is 0 Å². The second-order valence-electron chi connectivity index (χ2n) is 6.90. The van der Waals surface area contributed by atoms with Crippen molar-refractivity contribution in [1.29, 1.82) is 0 Å². The molecule has 0 radical (unpaired) electrons. The van der Waals surface area contributed by atoms with Crippen LogP contribution in [-0.4, -0.2) is 0 Å². The smallest absolute Gasteiger partial charge is 0.0463 e. The van der Waals surface area contributed by atoms with Crippen molar-refractivity contribution in [3.8, 4) is 0 Å². The molecule has 1 N–H and O–H groups in total. The van der Waals surface area contributed by atoms with E-state index in [0.29, 0.717) is 0 Å². The van der Waals surface area contributed by atoms with Crippen LogP contribution in [0.2, 0.25) is 0 Å². The lowest BCUT2D eigenvalue weighted by Gasteiger charge is -2.26.